The number of alkyl halides is 3. The van der Waals surface area contributed by atoms with E-state index in [2.05, 4.69) is 0 Å². The molecule has 0 radical (unpaired) electrons. The van der Waals surface area contributed by atoms with Crippen LogP contribution in [-0.2, 0) is 4.79 Å². The van der Waals surface area contributed by atoms with Gasteiger partial charge in [0.15, 0.2) is 4.33 Å². The molecule has 0 aromatic carbocycles. The number of carbonyl (C=O) groups is 1. The fourth-order valence-electron chi connectivity index (χ4n) is 0.778. The molecule has 0 fully saturated rings. The summed E-state index contributed by atoms with van der Waals surface area (Å²) >= 11 is 17.2. The monoisotopic (exact) mass is 210 g/mol. The zero-order valence-electron chi connectivity index (χ0n) is 5.43. The molecule has 1 atom stereocenters. The van der Waals surface area contributed by atoms with E-state index in [9.17, 15) is 4.79 Å². The van der Waals surface area contributed by atoms with E-state index in [1.807, 2.05) is 0 Å². The Morgan fingerprint density at radius 1 is 1.55 bits per heavy atom. The van der Waals surface area contributed by atoms with Gasteiger partial charge >= 0.3 is 0 Å². The second-order valence-corrected chi connectivity index (χ2v) is 4.06. The molecule has 0 heterocycles. The van der Waals surface area contributed by atoms with Crippen molar-refractivity contribution in [3.05, 3.63) is 23.8 Å². The molecule has 0 spiro atoms. The molecule has 1 nitrogen and oxygen atoms in total. The Bertz CT molecular complexity index is 230. The van der Waals surface area contributed by atoms with Gasteiger partial charge in [0.25, 0.3) is 0 Å². The first-order valence-corrected chi connectivity index (χ1v) is 4.13. The van der Waals surface area contributed by atoms with E-state index in [0.717, 1.165) is 0 Å². The van der Waals surface area contributed by atoms with E-state index in [0.29, 0.717) is 11.9 Å². The molecule has 0 aliphatic heterocycles. The standard InChI is InChI=1S/C7H5Cl3O/c8-6-5(4-11)2-1-3-7(6,9)10/h1-4,6H. The molecular formula is C7H5Cl3O. The summed E-state index contributed by atoms with van der Waals surface area (Å²) in [6.45, 7) is 0. The van der Waals surface area contributed by atoms with Gasteiger partial charge in [-0.3, -0.25) is 4.79 Å². The summed E-state index contributed by atoms with van der Waals surface area (Å²) in [6.07, 6.45) is 5.40. The Balaban J connectivity index is 2.94. The lowest BCUT2D eigenvalue weighted by Gasteiger charge is -2.23. The quantitative estimate of drug-likeness (QED) is 0.481. The topological polar surface area (TPSA) is 17.1 Å². The normalized spacial score (nSPS) is 27.9. The zero-order chi connectivity index (χ0) is 8.48. The highest BCUT2D eigenvalue weighted by Gasteiger charge is 2.34. The fraction of sp³-hybridized carbons (Fsp3) is 0.286. The van der Waals surface area contributed by atoms with Crippen LogP contribution >= 0.6 is 34.8 Å². The molecule has 0 aromatic rings. The number of hydrogen-bond acceptors (Lipinski definition) is 1. The predicted molar refractivity (Wildman–Crippen MR) is 47.4 cm³/mol. The van der Waals surface area contributed by atoms with Crippen LogP contribution in [0.4, 0.5) is 0 Å². The van der Waals surface area contributed by atoms with E-state index in [1.54, 1.807) is 18.2 Å². The molecule has 1 aliphatic carbocycles. The van der Waals surface area contributed by atoms with Crippen LogP contribution in [0.15, 0.2) is 23.8 Å². The number of aldehydes is 1. The minimum atomic E-state index is -1.16. The Morgan fingerprint density at radius 3 is 2.64 bits per heavy atom. The first-order chi connectivity index (χ1) is 5.08. The van der Waals surface area contributed by atoms with Gasteiger partial charge in [0.1, 0.15) is 6.29 Å². The molecule has 4 heteroatoms. The second-order valence-electron chi connectivity index (χ2n) is 2.18. The van der Waals surface area contributed by atoms with E-state index in [1.165, 1.54) is 0 Å². The maximum Gasteiger partial charge on any atom is 0.157 e. The number of allylic oxidation sites excluding steroid dienone is 4. The summed E-state index contributed by atoms with van der Waals surface area (Å²) in [7, 11) is 0. The lowest BCUT2D eigenvalue weighted by atomic mass is 10.1. The Morgan fingerprint density at radius 2 is 2.18 bits per heavy atom. The number of halogens is 3. The van der Waals surface area contributed by atoms with E-state index in [-0.39, 0.29) is 0 Å². The van der Waals surface area contributed by atoms with Crippen molar-refractivity contribution >= 4 is 41.1 Å². The van der Waals surface area contributed by atoms with Crippen molar-refractivity contribution in [1.29, 1.82) is 0 Å². The molecule has 1 aliphatic rings. The molecule has 60 valence electrons. The Kier molecular flexibility index (Phi) is 2.63. The van der Waals surface area contributed by atoms with Crippen LogP contribution in [0.1, 0.15) is 0 Å². The molecule has 0 saturated carbocycles. The van der Waals surface area contributed by atoms with E-state index < -0.39 is 9.71 Å². The molecule has 0 saturated heterocycles. The van der Waals surface area contributed by atoms with Gasteiger partial charge in [0.2, 0.25) is 0 Å². The van der Waals surface area contributed by atoms with Gasteiger partial charge in [-0.2, -0.15) is 0 Å². The molecule has 1 rings (SSSR count). The number of rotatable bonds is 1. The maximum atomic E-state index is 10.4. The molecule has 0 bridgehead atoms. The van der Waals surface area contributed by atoms with Crippen molar-refractivity contribution in [1.82, 2.24) is 0 Å². The first-order valence-electron chi connectivity index (χ1n) is 2.94. The van der Waals surface area contributed by atoms with Crippen molar-refractivity contribution in [2.24, 2.45) is 0 Å². The van der Waals surface area contributed by atoms with Crippen LogP contribution < -0.4 is 0 Å². The van der Waals surface area contributed by atoms with Gasteiger partial charge in [0.05, 0.1) is 5.38 Å². The van der Waals surface area contributed by atoms with Gasteiger partial charge in [-0.1, -0.05) is 35.4 Å². The van der Waals surface area contributed by atoms with Crippen LogP contribution in [0.25, 0.3) is 0 Å². The van der Waals surface area contributed by atoms with Gasteiger partial charge in [-0.05, 0) is 6.08 Å². The van der Waals surface area contributed by atoms with Crippen LogP contribution in [0.3, 0.4) is 0 Å². The summed E-state index contributed by atoms with van der Waals surface area (Å²) in [5.74, 6) is 0. The van der Waals surface area contributed by atoms with Gasteiger partial charge < -0.3 is 0 Å². The Hall–Kier alpha value is 0.0200. The second kappa shape index (κ2) is 3.18. The highest BCUT2D eigenvalue weighted by atomic mass is 35.5. The molecule has 0 aromatic heterocycles. The molecule has 0 amide bonds. The summed E-state index contributed by atoms with van der Waals surface area (Å²) in [4.78, 5) is 10.4. The fourth-order valence-corrected chi connectivity index (χ4v) is 1.37. The first kappa shape index (κ1) is 9.11. The van der Waals surface area contributed by atoms with Crippen LogP contribution in [0.5, 0.6) is 0 Å². The molecule has 11 heavy (non-hydrogen) atoms. The third-order valence-electron chi connectivity index (χ3n) is 1.37. The van der Waals surface area contributed by atoms with E-state index >= 15 is 0 Å². The largest absolute Gasteiger partial charge is 0.298 e. The van der Waals surface area contributed by atoms with Crippen molar-refractivity contribution < 1.29 is 4.79 Å². The smallest absolute Gasteiger partial charge is 0.157 e. The van der Waals surface area contributed by atoms with Crippen molar-refractivity contribution in [3.63, 3.8) is 0 Å². The highest BCUT2D eigenvalue weighted by molar-refractivity contribution is 6.54. The molecular weight excluding hydrogens is 206 g/mol. The van der Waals surface area contributed by atoms with Gasteiger partial charge in [-0.25, -0.2) is 0 Å². The van der Waals surface area contributed by atoms with Crippen LogP contribution in [0, 0.1) is 0 Å². The van der Waals surface area contributed by atoms with Crippen LogP contribution in [-0.4, -0.2) is 16.0 Å². The summed E-state index contributed by atoms with van der Waals surface area (Å²) in [5, 5.41) is -0.659. The lowest BCUT2D eigenvalue weighted by molar-refractivity contribution is -0.105. The minimum absolute atomic E-state index is 0.402. The number of carbonyl (C=O) groups excluding carboxylic acids is 1. The summed E-state index contributed by atoms with van der Waals surface area (Å²) < 4.78 is -1.16. The predicted octanol–water partition coefficient (Wildman–Crippen LogP) is 2.46. The van der Waals surface area contributed by atoms with Crippen molar-refractivity contribution in [2.75, 3.05) is 0 Å². The average Bonchev–Trinajstić information content (AvgIpc) is 1.95. The summed E-state index contributed by atoms with van der Waals surface area (Å²) in [6, 6.07) is 0. The van der Waals surface area contributed by atoms with Crippen molar-refractivity contribution in [2.45, 2.75) is 9.71 Å². The maximum absolute atomic E-state index is 10.4. The minimum Gasteiger partial charge on any atom is -0.298 e. The third kappa shape index (κ3) is 1.78. The Labute approximate surface area is 79.6 Å². The lowest BCUT2D eigenvalue weighted by Crippen LogP contribution is -2.28. The highest BCUT2D eigenvalue weighted by Crippen LogP contribution is 2.36. The van der Waals surface area contributed by atoms with Gasteiger partial charge in [-0.15, -0.1) is 11.6 Å². The number of hydrogen-bond donors (Lipinski definition) is 0. The van der Waals surface area contributed by atoms with Gasteiger partial charge in [0, 0.05) is 5.57 Å². The third-order valence-corrected chi connectivity index (χ3v) is 2.88. The average molecular weight is 211 g/mol. The zero-order valence-corrected chi connectivity index (χ0v) is 7.70. The summed E-state index contributed by atoms with van der Waals surface area (Å²) in [5.41, 5.74) is 0.402. The van der Waals surface area contributed by atoms with Crippen LogP contribution in [0.2, 0.25) is 0 Å². The SMILES string of the molecule is O=CC1=CC=CC(Cl)(Cl)C1Cl. The molecule has 1 unspecified atom stereocenters. The van der Waals surface area contributed by atoms with E-state index in [4.69, 9.17) is 34.8 Å². The van der Waals surface area contributed by atoms with Crippen molar-refractivity contribution in [3.8, 4) is 0 Å². The molecule has 0 N–H and O–H groups in total.